The van der Waals surface area contributed by atoms with Gasteiger partial charge in [0.2, 0.25) is 5.91 Å². The number of carbonyl (C=O) groups excluding carboxylic acids is 1. The van der Waals surface area contributed by atoms with Crippen molar-refractivity contribution in [3.05, 3.63) is 47.2 Å². The molecule has 1 fully saturated rings. The minimum atomic E-state index is -4.72. The molecule has 0 saturated carbocycles. The average molecular weight is 445 g/mol. The molecule has 0 spiro atoms. The summed E-state index contributed by atoms with van der Waals surface area (Å²) in [6.07, 6.45) is -5.54. The van der Waals surface area contributed by atoms with Crippen LogP contribution in [0, 0.1) is 5.92 Å². The molecule has 0 aliphatic carbocycles. The molecule has 1 amide bonds. The Morgan fingerprint density at radius 3 is 2.50 bits per heavy atom. The van der Waals surface area contributed by atoms with E-state index in [4.69, 9.17) is 21.1 Å². The Morgan fingerprint density at radius 1 is 1.20 bits per heavy atom. The highest BCUT2D eigenvalue weighted by atomic mass is 35.5. The van der Waals surface area contributed by atoms with Gasteiger partial charge in [0, 0.05) is 17.0 Å². The fourth-order valence-electron chi connectivity index (χ4n) is 3.46. The van der Waals surface area contributed by atoms with Crippen LogP contribution in [0.1, 0.15) is 25.0 Å². The Kier molecular flexibility index (Phi) is 7.44. The molecule has 164 valence electrons. The van der Waals surface area contributed by atoms with Gasteiger partial charge in [0.25, 0.3) is 0 Å². The van der Waals surface area contributed by atoms with E-state index in [1.165, 1.54) is 0 Å². The van der Waals surface area contributed by atoms with Gasteiger partial charge in [-0.05, 0) is 68.2 Å². The highest BCUT2D eigenvalue weighted by Crippen LogP contribution is 2.26. The van der Waals surface area contributed by atoms with Crippen LogP contribution in [-0.4, -0.2) is 47.8 Å². The van der Waals surface area contributed by atoms with E-state index in [0.29, 0.717) is 11.6 Å². The van der Waals surface area contributed by atoms with Crippen molar-refractivity contribution >= 4 is 17.5 Å². The Morgan fingerprint density at radius 2 is 1.87 bits per heavy atom. The third kappa shape index (κ3) is 6.48. The van der Waals surface area contributed by atoms with Gasteiger partial charge in [0.15, 0.2) is 6.10 Å². The Bertz CT molecular complexity index is 831. The van der Waals surface area contributed by atoms with E-state index < -0.39 is 24.7 Å². The van der Waals surface area contributed by atoms with Crippen molar-refractivity contribution in [1.29, 1.82) is 0 Å². The molecule has 1 unspecified atom stereocenters. The first kappa shape index (κ1) is 22.7. The largest absolute Gasteiger partial charge is 0.460 e. The number of likely N-dealkylation sites (tertiary alicyclic amines) is 1. The molecule has 1 aromatic carbocycles. The van der Waals surface area contributed by atoms with E-state index in [1.807, 2.05) is 36.4 Å². The molecule has 2 heterocycles. The number of aliphatic hydroxyl groups is 1. The minimum Gasteiger partial charge on any atom is -0.460 e. The van der Waals surface area contributed by atoms with Gasteiger partial charge >= 0.3 is 6.18 Å². The van der Waals surface area contributed by atoms with Crippen LogP contribution in [0.15, 0.2) is 40.8 Å². The van der Waals surface area contributed by atoms with Gasteiger partial charge in [0.1, 0.15) is 11.5 Å². The van der Waals surface area contributed by atoms with E-state index in [-0.39, 0.29) is 12.3 Å². The summed E-state index contributed by atoms with van der Waals surface area (Å²) in [6.45, 7) is 1.40. The maximum Gasteiger partial charge on any atom is 0.416 e. The predicted molar refractivity (Wildman–Crippen MR) is 107 cm³/mol. The fraction of sp³-hybridized carbons (Fsp3) is 0.476. The van der Waals surface area contributed by atoms with Crippen molar-refractivity contribution in [2.75, 3.05) is 19.6 Å². The summed E-state index contributed by atoms with van der Waals surface area (Å²) in [5.74, 6) is 1.27. The number of furan rings is 1. The highest BCUT2D eigenvalue weighted by Gasteiger charge is 2.38. The molecule has 1 aliphatic heterocycles. The monoisotopic (exact) mass is 444 g/mol. The van der Waals surface area contributed by atoms with Crippen molar-refractivity contribution in [2.24, 2.45) is 5.92 Å². The van der Waals surface area contributed by atoms with Crippen LogP contribution in [0.4, 0.5) is 13.2 Å². The van der Waals surface area contributed by atoms with Crippen LogP contribution in [0.5, 0.6) is 0 Å². The lowest BCUT2D eigenvalue weighted by atomic mass is 9.93. The van der Waals surface area contributed by atoms with E-state index in [0.717, 1.165) is 43.0 Å². The summed E-state index contributed by atoms with van der Waals surface area (Å²) >= 11 is 5.91. The number of carbonyl (C=O) groups is 1. The number of alkyl halides is 3. The SMILES string of the molecule is O=C(CC1CCN(Cc2ccc(-c3ccc(Cl)cc3)o2)CC1)NCC(O)C(F)(F)F. The lowest BCUT2D eigenvalue weighted by Crippen LogP contribution is -2.41. The minimum absolute atomic E-state index is 0.116. The average Bonchev–Trinajstić information content (AvgIpc) is 3.16. The second-order valence-electron chi connectivity index (χ2n) is 7.56. The summed E-state index contributed by atoms with van der Waals surface area (Å²) in [7, 11) is 0. The number of amides is 1. The Balaban J connectivity index is 1.41. The van der Waals surface area contributed by atoms with Gasteiger partial charge < -0.3 is 14.8 Å². The van der Waals surface area contributed by atoms with Crippen LogP contribution in [0.25, 0.3) is 11.3 Å². The quantitative estimate of drug-likeness (QED) is 0.670. The zero-order valence-electron chi connectivity index (χ0n) is 16.3. The molecular weight excluding hydrogens is 421 g/mol. The summed E-state index contributed by atoms with van der Waals surface area (Å²) in [6, 6.07) is 11.3. The van der Waals surface area contributed by atoms with Crippen LogP contribution in [0.2, 0.25) is 5.02 Å². The lowest BCUT2D eigenvalue weighted by Gasteiger charge is -2.31. The number of nitrogens with zero attached hydrogens (tertiary/aromatic N) is 1. The topological polar surface area (TPSA) is 65.7 Å². The zero-order valence-corrected chi connectivity index (χ0v) is 17.0. The van der Waals surface area contributed by atoms with E-state index in [2.05, 4.69) is 10.2 Å². The summed E-state index contributed by atoms with van der Waals surface area (Å²) in [5, 5.41) is 11.8. The molecule has 9 heteroatoms. The molecule has 3 rings (SSSR count). The second kappa shape index (κ2) is 9.85. The van der Waals surface area contributed by atoms with Gasteiger partial charge in [-0.15, -0.1) is 0 Å². The standard InChI is InChI=1S/C21H24ClF3N2O3/c22-16-3-1-15(2-4-16)18-6-5-17(30-18)13-27-9-7-14(8-10-27)11-20(29)26-12-19(28)21(23,24)25/h1-6,14,19,28H,7-13H2,(H,26,29). The first-order valence-electron chi connectivity index (χ1n) is 9.79. The number of aliphatic hydroxyl groups excluding tert-OH is 1. The summed E-state index contributed by atoms with van der Waals surface area (Å²) in [4.78, 5) is 14.1. The molecule has 1 aromatic heterocycles. The van der Waals surface area contributed by atoms with Gasteiger partial charge in [-0.25, -0.2) is 0 Å². The third-order valence-corrected chi connectivity index (χ3v) is 5.47. The molecular formula is C21H24ClF3N2O3. The van der Waals surface area contributed by atoms with Gasteiger partial charge in [-0.3, -0.25) is 9.69 Å². The molecule has 1 saturated heterocycles. The number of halogens is 4. The van der Waals surface area contributed by atoms with E-state index in [9.17, 15) is 18.0 Å². The number of nitrogens with one attached hydrogen (secondary N) is 1. The summed E-state index contributed by atoms with van der Waals surface area (Å²) in [5.41, 5.74) is 0.950. The molecule has 1 atom stereocenters. The Labute approximate surface area is 177 Å². The number of hydrogen-bond donors (Lipinski definition) is 2. The van der Waals surface area contributed by atoms with Crippen molar-refractivity contribution in [1.82, 2.24) is 10.2 Å². The van der Waals surface area contributed by atoms with Gasteiger partial charge in [0.05, 0.1) is 13.1 Å². The number of hydrogen-bond acceptors (Lipinski definition) is 4. The third-order valence-electron chi connectivity index (χ3n) is 5.22. The maximum atomic E-state index is 12.3. The smallest absolute Gasteiger partial charge is 0.416 e. The number of benzene rings is 1. The lowest BCUT2D eigenvalue weighted by molar-refractivity contribution is -0.201. The second-order valence-corrected chi connectivity index (χ2v) is 7.99. The van der Waals surface area contributed by atoms with Gasteiger partial charge in [-0.2, -0.15) is 13.2 Å². The molecule has 5 nitrogen and oxygen atoms in total. The Hall–Kier alpha value is -2.03. The van der Waals surface area contributed by atoms with E-state index in [1.54, 1.807) is 0 Å². The molecule has 2 aromatic rings. The zero-order chi connectivity index (χ0) is 21.7. The van der Waals surface area contributed by atoms with Crippen LogP contribution in [-0.2, 0) is 11.3 Å². The van der Waals surface area contributed by atoms with Crippen LogP contribution < -0.4 is 5.32 Å². The first-order chi connectivity index (χ1) is 14.2. The fourth-order valence-corrected chi connectivity index (χ4v) is 3.59. The number of piperidine rings is 1. The first-order valence-corrected chi connectivity index (χ1v) is 10.2. The maximum absolute atomic E-state index is 12.3. The van der Waals surface area contributed by atoms with Crippen LogP contribution >= 0.6 is 11.6 Å². The molecule has 1 aliphatic rings. The summed E-state index contributed by atoms with van der Waals surface area (Å²) < 4.78 is 42.7. The highest BCUT2D eigenvalue weighted by molar-refractivity contribution is 6.30. The molecule has 0 radical (unpaired) electrons. The van der Waals surface area contributed by atoms with Gasteiger partial charge in [-0.1, -0.05) is 11.6 Å². The molecule has 0 bridgehead atoms. The van der Waals surface area contributed by atoms with Crippen molar-refractivity contribution < 1.29 is 27.5 Å². The normalized spacial score (nSPS) is 17.1. The van der Waals surface area contributed by atoms with Crippen molar-refractivity contribution in [3.8, 4) is 11.3 Å². The van der Waals surface area contributed by atoms with E-state index >= 15 is 0 Å². The molecule has 2 N–H and O–H groups in total. The number of rotatable bonds is 7. The van der Waals surface area contributed by atoms with Crippen LogP contribution in [0.3, 0.4) is 0 Å². The van der Waals surface area contributed by atoms with Crippen molar-refractivity contribution in [2.45, 2.75) is 38.1 Å². The molecule has 30 heavy (non-hydrogen) atoms. The predicted octanol–water partition coefficient (Wildman–Crippen LogP) is 4.24. The van der Waals surface area contributed by atoms with Crippen molar-refractivity contribution in [3.63, 3.8) is 0 Å².